The topological polar surface area (TPSA) is 50.4 Å². The zero-order chi connectivity index (χ0) is 10.0. The molecule has 1 N–H and O–H groups in total. The fraction of sp³-hybridized carbons (Fsp3) is 0.222. The number of allylic oxidation sites excluding steroid dienone is 1. The van der Waals surface area contributed by atoms with Crippen LogP contribution in [0.4, 0.5) is 4.39 Å². The van der Waals surface area contributed by atoms with Gasteiger partial charge in [-0.05, 0) is 13.8 Å². The van der Waals surface area contributed by atoms with Gasteiger partial charge in [0.2, 0.25) is 0 Å². The molecule has 1 rings (SSSR count). The normalized spacial score (nSPS) is 11.8. The molecular weight excluding hydrogens is 175 g/mol. The van der Waals surface area contributed by atoms with Crippen molar-refractivity contribution in [1.29, 1.82) is 0 Å². The molecule has 0 aliphatic carbocycles. The molecule has 0 aromatic carbocycles. The zero-order valence-electron chi connectivity index (χ0n) is 7.30. The van der Waals surface area contributed by atoms with Crippen LogP contribution in [0.3, 0.4) is 0 Å². The van der Waals surface area contributed by atoms with E-state index in [1.54, 1.807) is 6.92 Å². The first-order chi connectivity index (χ1) is 6.06. The van der Waals surface area contributed by atoms with Crippen molar-refractivity contribution in [3.05, 3.63) is 34.1 Å². The molecule has 0 atom stereocenters. The number of halogens is 1. The predicted octanol–water partition coefficient (Wildman–Crippen LogP) is 1.98. The molecule has 0 aliphatic rings. The average molecular weight is 184 g/mol. The number of hydrogen-bond acceptors (Lipinski definition) is 3. The van der Waals surface area contributed by atoms with Crippen molar-refractivity contribution >= 4 is 5.57 Å². The van der Waals surface area contributed by atoms with E-state index in [9.17, 15) is 14.3 Å². The summed E-state index contributed by atoms with van der Waals surface area (Å²) >= 11 is 0. The van der Waals surface area contributed by atoms with Gasteiger partial charge in [0, 0.05) is 11.1 Å². The van der Waals surface area contributed by atoms with Crippen molar-refractivity contribution in [3.8, 4) is 5.75 Å². The standard InChI is InChI=1S/C9H9FO3/c1-5(4-10)9-6(2)7(11)3-8(12)13-9/h3-4,11H,1-2H3/b5-4+. The maximum Gasteiger partial charge on any atom is 0.339 e. The fourth-order valence-corrected chi connectivity index (χ4v) is 0.969. The summed E-state index contributed by atoms with van der Waals surface area (Å²) in [6, 6.07) is 0.949. The lowest BCUT2D eigenvalue weighted by Crippen LogP contribution is -2.00. The molecule has 0 saturated heterocycles. The van der Waals surface area contributed by atoms with Crippen LogP contribution in [-0.4, -0.2) is 5.11 Å². The molecule has 3 nitrogen and oxygen atoms in total. The van der Waals surface area contributed by atoms with Gasteiger partial charge in [0.25, 0.3) is 0 Å². The van der Waals surface area contributed by atoms with Crippen LogP contribution in [0.15, 0.2) is 21.6 Å². The first-order valence-corrected chi connectivity index (χ1v) is 3.67. The van der Waals surface area contributed by atoms with E-state index in [2.05, 4.69) is 0 Å². The molecule has 0 bridgehead atoms. The molecule has 1 aromatic heterocycles. The minimum Gasteiger partial charge on any atom is -0.507 e. The maximum absolute atomic E-state index is 12.1. The molecule has 1 aromatic rings. The van der Waals surface area contributed by atoms with Crippen molar-refractivity contribution in [2.45, 2.75) is 13.8 Å². The van der Waals surface area contributed by atoms with Crippen LogP contribution in [0, 0.1) is 6.92 Å². The van der Waals surface area contributed by atoms with E-state index in [1.165, 1.54) is 6.92 Å². The Morgan fingerprint density at radius 2 is 2.31 bits per heavy atom. The highest BCUT2D eigenvalue weighted by Crippen LogP contribution is 2.23. The summed E-state index contributed by atoms with van der Waals surface area (Å²) in [4.78, 5) is 10.8. The minimum atomic E-state index is -0.695. The Bertz CT molecular complexity index is 404. The van der Waals surface area contributed by atoms with Crippen LogP contribution in [0.1, 0.15) is 18.2 Å². The molecule has 1 heterocycles. The van der Waals surface area contributed by atoms with Crippen LogP contribution >= 0.6 is 0 Å². The molecule has 70 valence electrons. The third-order valence-electron chi connectivity index (χ3n) is 1.70. The van der Waals surface area contributed by atoms with Crippen LogP contribution in [0.5, 0.6) is 5.75 Å². The SMILES string of the molecule is C/C(=C\F)c1oc(=O)cc(O)c1C. The van der Waals surface area contributed by atoms with E-state index in [-0.39, 0.29) is 17.1 Å². The largest absolute Gasteiger partial charge is 0.507 e. The molecular formula is C9H9FO3. The minimum absolute atomic E-state index is 0.0764. The van der Waals surface area contributed by atoms with Gasteiger partial charge in [0.1, 0.15) is 11.5 Å². The van der Waals surface area contributed by atoms with E-state index < -0.39 is 5.63 Å². The van der Waals surface area contributed by atoms with Crippen LogP contribution in [0.25, 0.3) is 5.57 Å². The van der Waals surface area contributed by atoms with Crippen molar-refractivity contribution in [2.24, 2.45) is 0 Å². The number of aromatic hydroxyl groups is 1. The second-order valence-electron chi connectivity index (χ2n) is 2.70. The molecule has 0 unspecified atom stereocenters. The van der Waals surface area contributed by atoms with Crippen molar-refractivity contribution < 1.29 is 13.9 Å². The Morgan fingerprint density at radius 1 is 1.69 bits per heavy atom. The van der Waals surface area contributed by atoms with E-state index in [0.717, 1.165) is 6.07 Å². The Morgan fingerprint density at radius 3 is 2.85 bits per heavy atom. The lowest BCUT2D eigenvalue weighted by Gasteiger charge is -2.03. The molecule has 0 radical (unpaired) electrons. The van der Waals surface area contributed by atoms with Crippen LogP contribution < -0.4 is 5.63 Å². The van der Waals surface area contributed by atoms with Gasteiger partial charge in [-0.15, -0.1) is 0 Å². The monoisotopic (exact) mass is 184 g/mol. The van der Waals surface area contributed by atoms with Gasteiger partial charge in [-0.1, -0.05) is 0 Å². The Labute approximate surface area is 74.1 Å². The van der Waals surface area contributed by atoms with E-state index in [4.69, 9.17) is 4.42 Å². The van der Waals surface area contributed by atoms with Crippen LogP contribution in [0.2, 0.25) is 0 Å². The van der Waals surface area contributed by atoms with Crippen molar-refractivity contribution in [1.82, 2.24) is 0 Å². The summed E-state index contributed by atoms with van der Waals surface area (Å²) in [6.45, 7) is 2.99. The average Bonchev–Trinajstić information content (AvgIpc) is 2.10. The fourth-order valence-electron chi connectivity index (χ4n) is 0.969. The van der Waals surface area contributed by atoms with Gasteiger partial charge >= 0.3 is 5.63 Å². The summed E-state index contributed by atoms with van der Waals surface area (Å²) in [7, 11) is 0. The van der Waals surface area contributed by atoms with Gasteiger partial charge in [0.05, 0.1) is 12.4 Å². The molecule has 0 saturated carbocycles. The highest BCUT2D eigenvalue weighted by molar-refractivity contribution is 5.62. The van der Waals surface area contributed by atoms with E-state index in [0.29, 0.717) is 11.9 Å². The van der Waals surface area contributed by atoms with Gasteiger partial charge in [0.15, 0.2) is 0 Å². The van der Waals surface area contributed by atoms with E-state index in [1.807, 2.05) is 0 Å². The molecule has 13 heavy (non-hydrogen) atoms. The molecule has 0 fully saturated rings. The Hall–Kier alpha value is -1.58. The summed E-state index contributed by atoms with van der Waals surface area (Å²) in [5, 5.41) is 9.22. The van der Waals surface area contributed by atoms with Gasteiger partial charge in [-0.25, -0.2) is 9.18 Å². The zero-order valence-corrected chi connectivity index (χ0v) is 7.30. The highest BCUT2D eigenvalue weighted by atomic mass is 19.1. The van der Waals surface area contributed by atoms with Gasteiger partial charge < -0.3 is 9.52 Å². The Kier molecular flexibility index (Phi) is 2.51. The molecule has 0 aliphatic heterocycles. The summed E-state index contributed by atoms with van der Waals surface area (Å²) in [5.41, 5.74) is -0.171. The molecule has 0 spiro atoms. The van der Waals surface area contributed by atoms with Crippen molar-refractivity contribution in [2.75, 3.05) is 0 Å². The smallest absolute Gasteiger partial charge is 0.339 e. The quantitative estimate of drug-likeness (QED) is 0.726. The molecule has 4 heteroatoms. The third-order valence-corrected chi connectivity index (χ3v) is 1.70. The number of hydrogen-bond donors (Lipinski definition) is 1. The van der Waals surface area contributed by atoms with Crippen LogP contribution in [-0.2, 0) is 0 Å². The summed E-state index contributed by atoms with van der Waals surface area (Å²) in [5.74, 6) is -0.111. The predicted molar refractivity (Wildman–Crippen MR) is 46.1 cm³/mol. The second-order valence-corrected chi connectivity index (χ2v) is 2.70. The van der Waals surface area contributed by atoms with Gasteiger partial charge in [-0.3, -0.25) is 0 Å². The van der Waals surface area contributed by atoms with Crippen molar-refractivity contribution in [3.63, 3.8) is 0 Å². The number of rotatable bonds is 1. The third kappa shape index (κ3) is 1.77. The second kappa shape index (κ2) is 3.43. The highest BCUT2D eigenvalue weighted by Gasteiger charge is 2.09. The molecule has 0 amide bonds. The Balaban J connectivity index is 3.46. The summed E-state index contributed by atoms with van der Waals surface area (Å²) in [6.07, 6.45) is 0.324. The van der Waals surface area contributed by atoms with Gasteiger partial charge in [-0.2, -0.15) is 0 Å². The summed E-state index contributed by atoms with van der Waals surface area (Å²) < 4.78 is 16.8. The first kappa shape index (κ1) is 9.51. The maximum atomic E-state index is 12.1. The van der Waals surface area contributed by atoms with E-state index >= 15 is 0 Å². The lowest BCUT2D eigenvalue weighted by atomic mass is 10.1. The first-order valence-electron chi connectivity index (χ1n) is 3.67. The lowest BCUT2D eigenvalue weighted by molar-refractivity contribution is 0.435.